The van der Waals surface area contributed by atoms with Crippen molar-refractivity contribution in [2.45, 2.75) is 123 Å². The molecular weight excluding hydrogens is 598 g/mol. The minimum absolute atomic E-state index is 0.0953. The van der Waals surface area contributed by atoms with Crippen molar-refractivity contribution in [1.82, 2.24) is 15.1 Å². The Kier molecular flexibility index (Phi) is 11.7. The van der Waals surface area contributed by atoms with E-state index in [0.717, 1.165) is 12.0 Å². The molecule has 258 valence electrons. The summed E-state index contributed by atoms with van der Waals surface area (Å²) in [5, 5.41) is 2.76. The molecule has 4 atom stereocenters. The number of likely N-dealkylation sites (tertiary alicyclic amines) is 2. The number of nitrogens with zero attached hydrogens (tertiary/aromatic N) is 2. The zero-order chi connectivity index (χ0) is 34.4. The third-order valence-electron chi connectivity index (χ3n) is 7.12. The van der Waals surface area contributed by atoms with Gasteiger partial charge in [-0.05, 0) is 99.3 Å². The smallest absolute Gasteiger partial charge is 0.497 e. The van der Waals surface area contributed by atoms with Gasteiger partial charge >= 0.3 is 24.4 Å². The highest BCUT2D eigenvalue weighted by Crippen LogP contribution is 2.30. The second-order valence-corrected chi connectivity index (χ2v) is 14.6. The first kappa shape index (κ1) is 36.6. The van der Waals surface area contributed by atoms with Crippen molar-refractivity contribution in [2.75, 3.05) is 26.7 Å². The van der Waals surface area contributed by atoms with E-state index in [2.05, 4.69) is 5.32 Å². The summed E-state index contributed by atoms with van der Waals surface area (Å²) in [6.45, 7) is 16.3. The molecule has 0 radical (unpaired) electrons. The Morgan fingerprint density at radius 1 is 0.804 bits per heavy atom. The highest BCUT2D eigenvalue weighted by molar-refractivity contribution is 5.72. The molecule has 1 aromatic rings. The molecule has 2 saturated heterocycles. The van der Waals surface area contributed by atoms with E-state index in [1.807, 2.05) is 12.1 Å². The Labute approximate surface area is 272 Å². The minimum Gasteiger partial charge on any atom is -0.497 e. The van der Waals surface area contributed by atoms with E-state index in [4.69, 9.17) is 28.4 Å². The molecule has 1 aromatic carbocycles. The number of nitrogens with one attached hydrogen (secondary N) is 1. The topological polar surface area (TPSA) is 142 Å². The largest absolute Gasteiger partial charge is 0.509 e. The van der Waals surface area contributed by atoms with Gasteiger partial charge in [0, 0.05) is 13.1 Å². The molecule has 13 nitrogen and oxygen atoms in total. The molecule has 0 unspecified atom stereocenters. The minimum atomic E-state index is -1.08. The summed E-state index contributed by atoms with van der Waals surface area (Å²) < 4.78 is 33.5. The molecule has 13 heteroatoms. The third-order valence-corrected chi connectivity index (χ3v) is 7.12. The molecule has 3 rings (SSSR count). The van der Waals surface area contributed by atoms with Gasteiger partial charge in [-0.3, -0.25) is 4.90 Å². The number of benzene rings is 1. The third kappa shape index (κ3) is 11.2. The van der Waals surface area contributed by atoms with Gasteiger partial charge in [0.25, 0.3) is 0 Å². The van der Waals surface area contributed by atoms with Gasteiger partial charge < -0.3 is 38.6 Å². The van der Waals surface area contributed by atoms with Crippen LogP contribution in [0.3, 0.4) is 0 Å². The van der Waals surface area contributed by atoms with Crippen LogP contribution in [0, 0.1) is 0 Å². The van der Waals surface area contributed by atoms with Crippen LogP contribution in [0.15, 0.2) is 24.3 Å². The van der Waals surface area contributed by atoms with Crippen LogP contribution in [0.1, 0.15) is 80.7 Å². The van der Waals surface area contributed by atoms with E-state index < -0.39 is 59.5 Å². The summed E-state index contributed by atoms with van der Waals surface area (Å²) in [5.74, 6) is 0.657. The number of hydrogen-bond acceptors (Lipinski definition) is 10. The molecule has 2 aliphatic heterocycles. The molecule has 0 aliphatic carbocycles. The summed E-state index contributed by atoms with van der Waals surface area (Å²) in [6.07, 6.45) is -3.26. The fraction of sp³-hybridized carbons (Fsp3) is 0.697. The van der Waals surface area contributed by atoms with Crippen LogP contribution in [0.25, 0.3) is 0 Å². The van der Waals surface area contributed by atoms with Crippen LogP contribution in [-0.4, -0.2) is 102 Å². The van der Waals surface area contributed by atoms with Crippen molar-refractivity contribution in [3.05, 3.63) is 29.8 Å². The number of ether oxygens (including phenoxy) is 6. The van der Waals surface area contributed by atoms with E-state index in [1.165, 1.54) is 4.90 Å². The first-order chi connectivity index (χ1) is 21.2. The van der Waals surface area contributed by atoms with E-state index >= 15 is 0 Å². The Morgan fingerprint density at radius 2 is 1.37 bits per heavy atom. The number of methoxy groups -OCH3 is 1. The highest BCUT2D eigenvalue weighted by Gasteiger charge is 2.50. The average Bonchev–Trinajstić information content (AvgIpc) is 3.50. The second-order valence-electron chi connectivity index (χ2n) is 14.6. The Balaban J connectivity index is 1.85. The summed E-state index contributed by atoms with van der Waals surface area (Å²) in [7, 11) is 1.57. The lowest BCUT2D eigenvalue weighted by molar-refractivity contribution is -0.0518. The van der Waals surface area contributed by atoms with E-state index in [-0.39, 0.29) is 25.6 Å². The zero-order valence-electron chi connectivity index (χ0n) is 28.8. The van der Waals surface area contributed by atoms with E-state index in [0.29, 0.717) is 18.7 Å². The first-order valence-electron chi connectivity index (χ1n) is 15.7. The molecule has 3 amide bonds. The van der Waals surface area contributed by atoms with Gasteiger partial charge in [-0.15, -0.1) is 0 Å². The lowest BCUT2D eigenvalue weighted by Crippen LogP contribution is -2.48. The second kappa shape index (κ2) is 14.7. The monoisotopic (exact) mass is 649 g/mol. The van der Waals surface area contributed by atoms with Crippen molar-refractivity contribution in [3.8, 4) is 5.75 Å². The van der Waals surface area contributed by atoms with E-state index in [1.54, 1.807) is 86.5 Å². The maximum atomic E-state index is 13.5. The van der Waals surface area contributed by atoms with Crippen molar-refractivity contribution in [1.29, 1.82) is 0 Å². The Bertz CT molecular complexity index is 1220. The van der Waals surface area contributed by atoms with Crippen LogP contribution >= 0.6 is 0 Å². The van der Waals surface area contributed by atoms with Crippen LogP contribution in [0.2, 0.25) is 0 Å². The van der Waals surface area contributed by atoms with Gasteiger partial charge in [0.1, 0.15) is 22.6 Å². The van der Waals surface area contributed by atoms with Crippen LogP contribution in [0.5, 0.6) is 5.75 Å². The van der Waals surface area contributed by atoms with Crippen molar-refractivity contribution < 1.29 is 47.6 Å². The quantitative estimate of drug-likeness (QED) is 0.290. The van der Waals surface area contributed by atoms with Gasteiger partial charge in [-0.25, -0.2) is 19.2 Å². The fourth-order valence-electron chi connectivity index (χ4n) is 5.25. The van der Waals surface area contributed by atoms with Crippen LogP contribution in [0.4, 0.5) is 19.2 Å². The lowest BCUT2D eigenvalue weighted by atomic mass is 10.0. The molecule has 0 spiro atoms. The van der Waals surface area contributed by atoms with Crippen molar-refractivity contribution in [3.63, 3.8) is 0 Å². The summed E-state index contributed by atoms with van der Waals surface area (Å²) in [4.78, 5) is 55.3. The molecule has 2 heterocycles. The number of carbonyl (C=O) groups is 4. The van der Waals surface area contributed by atoms with Crippen molar-refractivity contribution >= 4 is 24.4 Å². The van der Waals surface area contributed by atoms with E-state index in [9.17, 15) is 19.2 Å². The normalized spacial score (nSPS) is 21.8. The van der Waals surface area contributed by atoms with Gasteiger partial charge in [-0.1, -0.05) is 12.1 Å². The maximum absolute atomic E-state index is 13.5. The van der Waals surface area contributed by atoms with Gasteiger partial charge in [0.05, 0.1) is 25.7 Å². The standard InChI is InChI=1S/C33H51N3O10/c1-31(2,3)44-28(38)35-17-11-12-22(35)19-34-27(37)43-26-24(18-21-13-15-23(41-10)16-14-21)36(29(39)45-32(4,5)6)20-25(26)42-30(40)46-33(7,8)9/h13-16,22,24-26H,11-12,17-20H2,1-10H3,(H,34,37)/t22-,24-,25+,26+/m1/s1. The number of hydrogen-bond donors (Lipinski definition) is 1. The molecule has 0 saturated carbocycles. The molecule has 0 aromatic heterocycles. The van der Waals surface area contributed by atoms with Crippen molar-refractivity contribution in [2.24, 2.45) is 0 Å². The number of rotatable bonds is 7. The summed E-state index contributed by atoms with van der Waals surface area (Å²) in [5.41, 5.74) is -1.47. The predicted octanol–water partition coefficient (Wildman–Crippen LogP) is 5.67. The fourth-order valence-corrected chi connectivity index (χ4v) is 5.25. The summed E-state index contributed by atoms with van der Waals surface area (Å²) in [6, 6.07) is 6.22. The predicted molar refractivity (Wildman–Crippen MR) is 169 cm³/mol. The molecule has 2 fully saturated rings. The number of carbonyl (C=O) groups excluding carboxylic acids is 4. The molecule has 46 heavy (non-hydrogen) atoms. The molecule has 0 bridgehead atoms. The van der Waals surface area contributed by atoms with Gasteiger partial charge in [-0.2, -0.15) is 0 Å². The number of amides is 3. The Hall–Kier alpha value is -3.90. The lowest BCUT2D eigenvalue weighted by Gasteiger charge is -2.31. The molecular formula is C33H51N3O10. The van der Waals surface area contributed by atoms with Gasteiger partial charge in [0.15, 0.2) is 12.2 Å². The number of alkyl carbamates (subject to hydrolysis) is 1. The summed E-state index contributed by atoms with van der Waals surface area (Å²) >= 11 is 0. The Morgan fingerprint density at radius 3 is 1.91 bits per heavy atom. The average molecular weight is 650 g/mol. The SMILES string of the molecule is COc1ccc(C[C@@H]2[C@H](OC(=O)NC[C@H]3CCCN3C(=O)OC(C)(C)C)[C@@H](OC(=O)OC(C)(C)C)CN2C(=O)OC(C)(C)C)cc1. The van der Waals surface area contributed by atoms with Crippen LogP contribution < -0.4 is 10.1 Å². The maximum Gasteiger partial charge on any atom is 0.509 e. The van der Waals surface area contributed by atoms with Crippen LogP contribution in [-0.2, 0) is 30.1 Å². The first-order valence-corrected chi connectivity index (χ1v) is 15.7. The zero-order valence-corrected chi connectivity index (χ0v) is 28.8. The highest BCUT2D eigenvalue weighted by atomic mass is 16.7. The molecule has 1 N–H and O–H groups in total. The van der Waals surface area contributed by atoms with Gasteiger partial charge in [0.2, 0.25) is 0 Å². The molecule has 2 aliphatic rings.